The van der Waals surface area contributed by atoms with Gasteiger partial charge in [0.05, 0.1) is 18.8 Å². The molecule has 1 heterocycles. The predicted molar refractivity (Wildman–Crippen MR) is 211 cm³/mol. The molecule has 52 heavy (non-hydrogen) atoms. The van der Waals surface area contributed by atoms with Crippen molar-refractivity contribution in [1.82, 2.24) is 0 Å². The van der Waals surface area contributed by atoms with Crippen molar-refractivity contribution in [3.05, 3.63) is 12.2 Å². The molecule has 0 aromatic heterocycles. The lowest BCUT2D eigenvalue weighted by molar-refractivity contribution is -0.161. The fourth-order valence-electron chi connectivity index (χ4n) is 6.57. The fourth-order valence-corrected chi connectivity index (χ4v) is 6.93. The summed E-state index contributed by atoms with van der Waals surface area (Å²) >= 11 is 0. The summed E-state index contributed by atoms with van der Waals surface area (Å²) in [7, 11) is -4.76. The van der Waals surface area contributed by atoms with Crippen molar-refractivity contribution in [2.24, 2.45) is 5.92 Å². The lowest BCUT2D eigenvalue weighted by Gasteiger charge is -2.18. The third-order valence-corrected chi connectivity index (χ3v) is 10.4. The molecule has 2 unspecified atom stereocenters. The van der Waals surface area contributed by atoms with Gasteiger partial charge >= 0.3 is 19.8 Å². The van der Waals surface area contributed by atoms with E-state index in [1.54, 1.807) is 0 Å². The molecular weight excluding hydrogens is 679 g/mol. The average Bonchev–Trinajstić information content (AvgIpc) is 3.85. The van der Waals surface area contributed by atoms with Gasteiger partial charge in [0.15, 0.2) is 6.10 Å². The summed E-state index contributed by atoms with van der Waals surface area (Å²) in [6.07, 6.45) is 36.8. The van der Waals surface area contributed by atoms with Crippen LogP contribution in [0.5, 0.6) is 0 Å². The maximum atomic E-state index is 12.4. The molecule has 306 valence electrons. The molecule has 1 rings (SSSR count). The average molecular weight is 759 g/mol. The molecule has 1 aliphatic rings. The van der Waals surface area contributed by atoms with Gasteiger partial charge in [-0.15, -0.1) is 0 Å². The van der Waals surface area contributed by atoms with E-state index in [-0.39, 0.29) is 19.4 Å². The highest BCUT2D eigenvalue weighted by atomic mass is 31.2. The minimum Gasteiger partial charge on any atom is -0.462 e. The third kappa shape index (κ3) is 33.3. The van der Waals surface area contributed by atoms with Crippen LogP contribution in [0.15, 0.2) is 12.2 Å². The second-order valence-corrected chi connectivity index (χ2v) is 16.8. The van der Waals surface area contributed by atoms with Crippen molar-refractivity contribution in [2.45, 2.75) is 225 Å². The van der Waals surface area contributed by atoms with Crippen LogP contribution in [0.4, 0.5) is 0 Å². The number of ether oxygens (including phenoxy) is 3. The number of hydrogen-bond acceptors (Lipinski definition) is 7. The van der Waals surface area contributed by atoms with E-state index in [0.29, 0.717) is 18.6 Å². The summed E-state index contributed by atoms with van der Waals surface area (Å²) in [5.74, 6) is -0.0606. The molecule has 9 nitrogen and oxygen atoms in total. The van der Waals surface area contributed by atoms with Gasteiger partial charge in [0.25, 0.3) is 0 Å². The van der Waals surface area contributed by atoms with E-state index in [2.05, 4.69) is 37.4 Å². The van der Waals surface area contributed by atoms with Crippen molar-refractivity contribution in [2.75, 3.05) is 13.2 Å². The molecule has 10 heteroatoms. The molecule has 0 aromatic carbocycles. The minimum absolute atomic E-state index is 0.194. The lowest BCUT2D eigenvalue weighted by Crippen LogP contribution is -2.29. The van der Waals surface area contributed by atoms with Gasteiger partial charge in [0.2, 0.25) is 0 Å². The topological polar surface area (TPSA) is 132 Å². The Morgan fingerprint density at radius 1 is 0.654 bits per heavy atom. The Balaban J connectivity index is 2.03. The standard InChI is InChI=1S/C42H79O9P/c1-4-5-25-31-39-40(51-39)32-27-22-18-15-16-20-24-29-34-42(44)50-38(36-49-52(45,46)47)35-48-41(43)33-28-23-19-14-12-10-8-6-7-9-11-13-17-21-26-30-37(2)3/h22,27,37-40H,4-21,23-26,28-36H2,1-3H3,(H2,45,46,47)/b27-22-/t38-,39?,40?/m1/s1. The molecule has 0 saturated carbocycles. The molecule has 3 atom stereocenters. The van der Waals surface area contributed by atoms with Gasteiger partial charge in [-0.3, -0.25) is 14.1 Å². The first-order valence-corrected chi connectivity index (χ1v) is 23.0. The van der Waals surface area contributed by atoms with Crippen molar-refractivity contribution < 1.29 is 42.7 Å². The number of phosphoric ester groups is 1. The summed E-state index contributed by atoms with van der Waals surface area (Å²) in [6, 6.07) is 0. The van der Waals surface area contributed by atoms with E-state index in [4.69, 9.17) is 24.0 Å². The Hall–Kier alpha value is -1.25. The van der Waals surface area contributed by atoms with Crippen molar-refractivity contribution >= 4 is 19.8 Å². The zero-order valence-corrected chi connectivity index (χ0v) is 34.5. The number of hydrogen-bond donors (Lipinski definition) is 2. The molecule has 0 aliphatic carbocycles. The molecule has 0 radical (unpaired) electrons. The van der Waals surface area contributed by atoms with Crippen molar-refractivity contribution in [1.29, 1.82) is 0 Å². The van der Waals surface area contributed by atoms with E-state index in [9.17, 15) is 14.2 Å². The number of phosphoric acid groups is 1. The van der Waals surface area contributed by atoms with Crippen LogP contribution in [-0.4, -0.2) is 53.3 Å². The van der Waals surface area contributed by atoms with E-state index in [1.807, 2.05) is 0 Å². The Bertz CT molecular complexity index is 934. The van der Waals surface area contributed by atoms with Crippen LogP contribution < -0.4 is 0 Å². The molecule has 1 fully saturated rings. The Labute approximate surface area is 318 Å². The second-order valence-electron chi connectivity index (χ2n) is 15.5. The largest absolute Gasteiger partial charge is 0.469 e. The van der Waals surface area contributed by atoms with Crippen LogP contribution in [0, 0.1) is 5.92 Å². The number of rotatable bonds is 38. The Morgan fingerprint density at radius 2 is 1.17 bits per heavy atom. The number of unbranched alkanes of at least 4 members (excludes halogenated alkanes) is 21. The van der Waals surface area contributed by atoms with Gasteiger partial charge in [0, 0.05) is 12.8 Å². The Morgan fingerprint density at radius 3 is 1.71 bits per heavy atom. The van der Waals surface area contributed by atoms with Crippen LogP contribution in [0.2, 0.25) is 0 Å². The molecule has 0 spiro atoms. The van der Waals surface area contributed by atoms with Crippen LogP contribution in [0.3, 0.4) is 0 Å². The maximum absolute atomic E-state index is 12.4. The number of esters is 2. The molecule has 2 N–H and O–H groups in total. The normalized spacial score (nSPS) is 16.5. The molecule has 1 saturated heterocycles. The van der Waals surface area contributed by atoms with Gasteiger partial charge < -0.3 is 24.0 Å². The van der Waals surface area contributed by atoms with Crippen LogP contribution in [-0.2, 0) is 32.9 Å². The molecule has 1 aliphatic heterocycles. The SMILES string of the molecule is CCCCCC1OC1C/C=C\CCCCCCCC(=O)O[C@H](COC(=O)CCCCCCCCCCCCCCCCCC(C)C)COP(=O)(O)O. The van der Waals surface area contributed by atoms with Crippen molar-refractivity contribution in [3.8, 4) is 0 Å². The van der Waals surface area contributed by atoms with E-state index >= 15 is 0 Å². The monoisotopic (exact) mass is 759 g/mol. The lowest BCUT2D eigenvalue weighted by atomic mass is 10.0. The third-order valence-electron chi connectivity index (χ3n) is 9.89. The molecule has 0 amide bonds. The first kappa shape index (κ1) is 48.8. The van der Waals surface area contributed by atoms with E-state index in [0.717, 1.165) is 63.7 Å². The predicted octanol–water partition coefficient (Wildman–Crippen LogP) is 11.9. The number of epoxide rings is 1. The van der Waals surface area contributed by atoms with Crippen LogP contribution in [0.25, 0.3) is 0 Å². The van der Waals surface area contributed by atoms with Crippen LogP contribution in [0.1, 0.15) is 207 Å². The van der Waals surface area contributed by atoms with Crippen LogP contribution >= 0.6 is 7.82 Å². The summed E-state index contributed by atoms with van der Waals surface area (Å²) in [6.45, 7) is 6.00. The highest BCUT2D eigenvalue weighted by molar-refractivity contribution is 7.46. The maximum Gasteiger partial charge on any atom is 0.469 e. The summed E-state index contributed by atoms with van der Waals surface area (Å²) < 4.78 is 32.1. The molecule has 0 bridgehead atoms. The number of allylic oxidation sites excluding steroid dienone is 1. The van der Waals surface area contributed by atoms with Gasteiger partial charge in [-0.2, -0.15) is 0 Å². The zero-order valence-electron chi connectivity index (χ0n) is 33.6. The first-order chi connectivity index (χ1) is 25.1. The zero-order chi connectivity index (χ0) is 38.1. The number of carbonyl (C=O) groups is 2. The highest BCUT2D eigenvalue weighted by Gasteiger charge is 2.36. The quantitative estimate of drug-likeness (QED) is 0.0207. The van der Waals surface area contributed by atoms with E-state index in [1.165, 1.54) is 109 Å². The molecular formula is C42H79O9P. The minimum atomic E-state index is -4.76. The Kier molecular flexibility index (Phi) is 31.1. The summed E-state index contributed by atoms with van der Waals surface area (Å²) in [5, 5.41) is 0. The first-order valence-electron chi connectivity index (χ1n) is 21.5. The number of carbonyl (C=O) groups excluding carboxylic acids is 2. The molecule has 0 aromatic rings. The summed E-state index contributed by atoms with van der Waals surface area (Å²) in [5.41, 5.74) is 0. The van der Waals surface area contributed by atoms with Gasteiger partial charge in [-0.05, 0) is 44.4 Å². The van der Waals surface area contributed by atoms with Gasteiger partial charge in [0.1, 0.15) is 6.61 Å². The fraction of sp³-hybridized carbons (Fsp3) is 0.905. The summed E-state index contributed by atoms with van der Waals surface area (Å²) in [4.78, 5) is 42.9. The smallest absolute Gasteiger partial charge is 0.462 e. The van der Waals surface area contributed by atoms with Gasteiger partial charge in [-0.25, -0.2) is 4.57 Å². The highest BCUT2D eigenvalue weighted by Crippen LogP contribution is 2.36. The second kappa shape index (κ2) is 33.1. The van der Waals surface area contributed by atoms with E-state index < -0.39 is 32.5 Å². The van der Waals surface area contributed by atoms with Gasteiger partial charge in [-0.1, -0.05) is 168 Å². The van der Waals surface area contributed by atoms with Crippen molar-refractivity contribution in [3.63, 3.8) is 0 Å².